The Morgan fingerprint density at radius 3 is 2.09 bits per heavy atom. The number of nitrogens with two attached hydrogens (primary N) is 1. The van der Waals surface area contributed by atoms with Crippen molar-refractivity contribution in [2.45, 2.75) is 39.5 Å². The van der Waals surface area contributed by atoms with Gasteiger partial charge in [0.2, 0.25) is 0 Å². The number of rotatable bonds is 1. The third-order valence-corrected chi connectivity index (χ3v) is 2.79. The lowest BCUT2D eigenvalue weighted by Gasteiger charge is -2.33. The Bertz CT molecular complexity index is 102. The molecule has 0 aliphatic heterocycles. The summed E-state index contributed by atoms with van der Waals surface area (Å²) in [6, 6.07) is 0. The van der Waals surface area contributed by atoms with Crippen LogP contribution in [0.4, 0.5) is 0 Å². The van der Waals surface area contributed by atoms with E-state index in [1.165, 1.54) is 25.7 Å². The zero-order valence-corrected chi connectivity index (χ0v) is 8.41. The summed E-state index contributed by atoms with van der Waals surface area (Å²) in [6.07, 6.45) is 5.44. The van der Waals surface area contributed by atoms with Crippen LogP contribution in [0, 0.1) is 11.3 Å². The molecule has 1 rings (SSSR count). The second kappa shape index (κ2) is 4.32. The van der Waals surface area contributed by atoms with Crippen LogP contribution in [0.3, 0.4) is 0 Å². The van der Waals surface area contributed by atoms with Gasteiger partial charge in [0.25, 0.3) is 0 Å². The van der Waals surface area contributed by atoms with Crippen LogP contribution < -0.4 is 5.73 Å². The number of hydrogen-bond donors (Lipinski definition) is 1. The molecule has 0 atom stereocenters. The molecule has 68 valence electrons. The summed E-state index contributed by atoms with van der Waals surface area (Å²) in [5.41, 5.74) is 6.19. The van der Waals surface area contributed by atoms with E-state index in [1.54, 1.807) is 0 Å². The second-order valence-corrected chi connectivity index (χ2v) is 4.34. The van der Waals surface area contributed by atoms with Crippen molar-refractivity contribution in [2.75, 3.05) is 6.54 Å². The normalized spacial score (nSPS) is 24.3. The number of hydrogen-bond acceptors (Lipinski definition) is 1. The fourth-order valence-electron chi connectivity index (χ4n) is 1.69. The van der Waals surface area contributed by atoms with E-state index in [0.29, 0.717) is 5.41 Å². The third-order valence-electron chi connectivity index (χ3n) is 2.79. The second-order valence-electron chi connectivity index (χ2n) is 4.34. The molecular weight excluding hydrogens is 158 g/mol. The molecule has 11 heavy (non-hydrogen) atoms. The van der Waals surface area contributed by atoms with E-state index in [0.717, 1.165) is 12.5 Å². The van der Waals surface area contributed by atoms with Crippen molar-refractivity contribution in [3.05, 3.63) is 0 Å². The van der Waals surface area contributed by atoms with Gasteiger partial charge >= 0.3 is 0 Å². The van der Waals surface area contributed by atoms with Gasteiger partial charge in [-0.25, -0.2) is 0 Å². The number of halogens is 1. The highest BCUT2D eigenvalue weighted by molar-refractivity contribution is 5.85. The molecule has 0 saturated heterocycles. The van der Waals surface area contributed by atoms with Crippen molar-refractivity contribution in [2.24, 2.45) is 17.1 Å². The first-order chi connectivity index (χ1) is 4.64. The molecule has 1 aliphatic carbocycles. The van der Waals surface area contributed by atoms with Crippen molar-refractivity contribution in [1.82, 2.24) is 0 Å². The average Bonchev–Trinajstić information content (AvgIpc) is 1.88. The highest BCUT2D eigenvalue weighted by atomic mass is 35.5. The molecule has 0 heterocycles. The minimum Gasteiger partial charge on any atom is -0.330 e. The summed E-state index contributed by atoms with van der Waals surface area (Å²) in [6.45, 7) is 5.62. The maximum atomic E-state index is 5.59. The third kappa shape index (κ3) is 3.44. The van der Waals surface area contributed by atoms with E-state index in [4.69, 9.17) is 5.73 Å². The molecular formula is C9H20ClN. The van der Waals surface area contributed by atoms with Crippen LogP contribution >= 0.6 is 12.4 Å². The van der Waals surface area contributed by atoms with Gasteiger partial charge in [-0.05, 0) is 43.6 Å². The Labute approximate surface area is 76.1 Å². The molecule has 0 bridgehead atoms. The van der Waals surface area contributed by atoms with Gasteiger partial charge in [0.05, 0.1) is 0 Å². The monoisotopic (exact) mass is 177 g/mol. The van der Waals surface area contributed by atoms with Crippen LogP contribution in [0.2, 0.25) is 0 Å². The lowest BCUT2D eigenvalue weighted by atomic mass is 9.73. The van der Waals surface area contributed by atoms with Crippen LogP contribution in [0.1, 0.15) is 39.5 Å². The van der Waals surface area contributed by atoms with Gasteiger partial charge < -0.3 is 5.73 Å². The molecule has 0 spiro atoms. The summed E-state index contributed by atoms with van der Waals surface area (Å²) >= 11 is 0. The minimum absolute atomic E-state index is 0. The fourth-order valence-corrected chi connectivity index (χ4v) is 1.69. The molecule has 2 N–H and O–H groups in total. The molecule has 0 unspecified atom stereocenters. The van der Waals surface area contributed by atoms with Crippen LogP contribution in [0.15, 0.2) is 0 Å². The molecule has 0 aromatic carbocycles. The standard InChI is InChI=1S/C9H19N.ClH/c1-9(2)5-3-8(7-10)4-6-9;/h8H,3-7,10H2,1-2H3;1H. The Kier molecular flexibility index (Phi) is 4.42. The summed E-state index contributed by atoms with van der Waals surface area (Å²) in [7, 11) is 0. The highest BCUT2D eigenvalue weighted by Gasteiger charge is 2.25. The Balaban J connectivity index is 0.000001000. The predicted octanol–water partition coefficient (Wildman–Crippen LogP) is 2.58. The first kappa shape index (κ1) is 11.2. The topological polar surface area (TPSA) is 26.0 Å². The van der Waals surface area contributed by atoms with Gasteiger partial charge in [0.15, 0.2) is 0 Å². The molecule has 1 aliphatic rings. The zero-order valence-electron chi connectivity index (χ0n) is 7.60. The zero-order chi connectivity index (χ0) is 7.61. The Morgan fingerprint density at radius 1 is 1.27 bits per heavy atom. The maximum Gasteiger partial charge on any atom is -0.00489 e. The van der Waals surface area contributed by atoms with Gasteiger partial charge in [0, 0.05) is 0 Å². The van der Waals surface area contributed by atoms with E-state index in [1.807, 2.05) is 0 Å². The maximum absolute atomic E-state index is 5.59. The first-order valence-electron chi connectivity index (χ1n) is 4.34. The van der Waals surface area contributed by atoms with Gasteiger partial charge in [-0.1, -0.05) is 13.8 Å². The molecule has 0 radical (unpaired) electrons. The highest BCUT2D eigenvalue weighted by Crippen LogP contribution is 2.37. The van der Waals surface area contributed by atoms with Crippen LogP contribution in [0.5, 0.6) is 0 Å². The minimum atomic E-state index is 0. The van der Waals surface area contributed by atoms with Gasteiger partial charge in [-0.15, -0.1) is 12.4 Å². The van der Waals surface area contributed by atoms with Crippen molar-refractivity contribution < 1.29 is 0 Å². The summed E-state index contributed by atoms with van der Waals surface area (Å²) < 4.78 is 0. The molecule has 0 aromatic heterocycles. The lowest BCUT2D eigenvalue weighted by Crippen LogP contribution is -2.25. The van der Waals surface area contributed by atoms with Crippen molar-refractivity contribution in [3.63, 3.8) is 0 Å². The summed E-state index contributed by atoms with van der Waals surface area (Å²) in [4.78, 5) is 0. The SMILES string of the molecule is CC1(C)CCC(CN)CC1.Cl. The largest absolute Gasteiger partial charge is 0.330 e. The molecule has 1 saturated carbocycles. The summed E-state index contributed by atoms with van der Waals surface area (Å²) in [5.74, 6) is 0.827. The summed E-state index contributed by atoms with van der Waals surface area (Å²) in [5, 5.41) is 0. The predicted molar refractivity (Wildman–Crippen MR) is 52.0 cm³/mol. The van der Waals surface area contributed by atoms with E-state index >= 15 is 0 Å². The Hall–Kier alpha value is 0.250. The smallest absolute Gasteiger partial charge is 0.00489 e. The van der Waals surface area contributed by atoms with E-state index < -0.39 is 0 Å². The fraction of sp³-hybridized carbons (Fsp3) is 1.00. The van der Waals surface area contributed by atoms with Crippen molar-refractivity contribution in [1.29, 1.82) is 0 Å². The Morgan fingerprint density at radius 2 is 1.73 bits per heavy atom. The molecule has 0 amide bonds. The van der Waals surface area contributed by atoms with Gasteiger partial charge in [-0.3, -0.25) is 0 Å². The average molecular weight is 178 g/mol. The van der Waals surface area contributed by atoms with Crippen LogP contribution in [-0.4, -0.2) is 6.54 Å². The quantitative estimate of drug-likeness (QED) is 0.655. The first-order valence-corrected chi connectivity index (χ1v) is 4.34. The van der Waals surface area contributed by atoms with Crippen molar-refractivity contribution >= 4 is 12.4 Å². The molecule has 1 fully saturated rings. The van der Waals surface area contributed by atoms with Crippen LogP contribution in [0.25, 0.3) is 0 Å². The van der Waals surface area contributed by atoms with E-state index in [2.05, 4.69) is 13.8 Å². The molecule has 1 nitrogen and oxygen atoms in total. The van der Waals surface area contributed by atoms with Gasteiger partial charge in [0.1, 0.15) is 0 Å². The van der Waals surface area contributed by atoms with Gasteiger partial charge in [-0.2, -0.15) is 0 Å². The molecule has 0 aromatic rings. The van der Waals surface area contributed by atoms with E-state index in [9.17, 15) is 0 Å². The van der Waals surface area contributed by atoms with Crippen LogP contribution in [-0.2, 0) is 0 Å². The van der Waals surface area contributed by atoms with Crippen molar-refractivity contribution in [3.8, 4) is 0 Å². The molecule has 2 heteroatoms. The lowest BCUT2D eigenvalue weighted by molar-refractivity contribution is 0.195. The van der Waals surface area contributed by atoms with E-state index in [-0.39, 0.29) is 12.4 Å².